The van der Waals surface area contributed by atoms with E-state index in [0.717, 1.165) is 71.1 Å². The van der Waals surface area contributed by atoms with Gasteiger partial charge in [-0.1, -0.05) is 30.3 Å². The molecule has 0 saturated carbocycles. The molecule has 1 amide bonds. The number of benzene rings is 1. The van der Waals surface area contributed by atoms with Crippen LogP contribution in [0.25, 0.3) is 0 Å². The molecule has 0 bridgehead atoms. The fourth-order valence-electron chi connectivity index (χ4n) is 3.48. The van der Waals surface area contributed by atoms with E-state index in [0.29, 0.717) is 0 Å². The third-order valence-electron chi connectivity index (χ3n) is 4.94. The number of hydrogen-bond acceptors (Lipinski definition) is 3. The van der Waals surface area contributed by atoms with Gasteiger partial charge in [0.2, 0.25) is 0 Å². The summed E-state index contributed by atoms with van der Waals surface area (Å²) in [6, 6.07) is 10.4. The first-order chi connectivity index (χ1) is 12.8. The molecule has 27 heavy (non-hydrogen) atoms. The second-order valence-corrected chi connectivity index (χ2v) is 6.79. The maximum absolute atomic E-state index is 12.5. The van der Waals surface area contributed by atoms with Crippen LogP contribution >= 0.6 is 24.0 Å². The van der Waals surface area contributed by atoms with Crippen LogP contribution in [0.1, 0.15) is 25.3 Å². The minimum atomic E-state index is -0.214. The summed E-state index contributed by atoms with van der Waals surface area (Å²) in [5.41, 5.74) is 1.30. The molecule has 2 saturated heterocycles. The van der Waals surface area contributed by atoms with Crippen molar-refractivity contribution in [2.75, 3.05) is 45.9 Å². The van der Waals surface area contributed by atoms with Crippen LogP contribution in [0.15, 0.2) is 35.3 Å². The highest BCUT2D eigenvalue weighted by Crippen LogP contribution is 2.16. The fourth-order valence-corrected chi connectivity index (χ4v) is 3.48. The molecule has 0 spiro atoms. The highest BCUT2D eigenvalue weighted by atomic mass is 127. The Morgan fingerprint density at radius 3 is 2.52 bits per heavy atom. The van der Waals surface area contributed by atoms with Crippen molar-refractivity contribution in [2.45, 2.75) is 32.3 Å². The average molecular weight is 486 g/mol. The molecule has 1 atom stereocenters. The molecule has 2 heterocycles. The Hall–Kier alpha value is -1.35. The number of nitrogens with zero attached hydrogens (tertiary/aromatic N) is 3. The molecule has 1 unspecified atom stereocenters. The van der Waals surface area contributed by atoms with Gasteiger partial charge in [0.25, 0.3) is 5.91 Å². The summed E-state index contributed by atoms with van der Waals surface area (Å²) in [6.07, 6.45) is 2.58. The molecule has 0 aromatic heterocycles. The first-order valence-corrected chi connectivity index (χ1v) is 9.75. The molecule has 1 N–H and O–H groups in total. The third-order valence-corrected chi connectivity index (χ3v) is 4.94. The second kappa shape index (κ2) is 11.5. The van der Waals surface area contributed by atoms with Gasteiger partial charge in [0.1, 0.15) is 6.10 Å². The molecule has 0 aliphatic carbocycles. The van der Waals surface area contributed by atoms with E-state index >= 15 is 0 Å². The molecule has 1 aromatic carbocycles. The highest BCUT2D eigenvalue weighted by Gasteiger charge is 2.30. The lowest BCUT2D eigenvalue weighted by molar-refractivity contribution is -0.142. The van der Waals surface area contributed by atoms with Crippen molar-refractivity contribution < 1.29 is 9.53 Å². The monoisotopic (exact) mass is 486 g/mol. The van der Waals surface area contributed by atoms with E-state index in [1.54, 1.807) is 0 Å². The summed E-state index contributed by atoms with van der Waals surface area (Å²) in [4.78, 5) is 21.5. The number of rotatable bonds is 5. The van der Waals surface area contributed by atoms with Crippen LogP contribution in [0.2, 0.25) is 0 Å². The third kappa shape index (κ3) is 6.34. The van der Waals surface area contributed by atoms with Gasteiger partial charge in [0, 0.05) is 45.9 Å². The van der Waals surface area contributed by atoms with Crippen molar-refractivity contribution in [2.24, 2.45) is 4.99 Å². The Kier molecular flexibility index (Phi) is 9.33. The van der Waals surface area contributed by atoms with Crippen LogP contribution in [-0.4, -0.2) is 73.6 Å². The molecule has 1 aromatic rings. The maximum Gasteiger partial charge on any atom is 0.251 e. The van der Waals surface area contributed by atoms with E-state index in [2.05, 4.69) is 41.4 Å². The fraction of sp³-hybridized carbons (Fsp3) is 0.600. The van der Waals surface area contributed by atoms with E-state index in [-0.39, 0.29) is 36.0 Å². The lowest BCUT2D eigenvalue weighted by Crippen LogP contribution is -2.55. The number of carbonyl (C=O) groups is 1. The number of piperazine rings is 1. The van der Waals surface area contributed by atoms with Crippen molar-refractivity contribution >= 4 is 35.8 Å². The van der Waals surface area contributed by atoms with E-state index in [1.165, 1.54) is 5.56 Å². The van der Waals surface area contributed by atoms with Crippen LogP contribution in [0.3, 0.4) is 0 Å². The van der Waals surface area contributed by atoms with E-state index in [1.807, 2.05) is 11.0 Å². The van der Waals surface area contributed by atoms with Crippen molar-refractivity contribution in [3.8, 4) is 0 Å². The van der Waals surface area contributed by atoms with E-state index in [4.69, 9.17) is 9.73 Å². The van der Waals surface area contributed by atoms with Gasteiger partial charge in [-0.2, -0.15) is 0 Å². The summed E-state index contributed by atoms with van der Waals surface area (Å²) in [7, 11) is 0. The Bertz CT molecular complexity index is 597. The smallest absolute Gasteiger partial charge is 0.251 e. The number of amides is 1. The molecular formula is C20H31IN4O2. The molecule has 3 rings (SSSR count). The number of guanidine groups is 1. The first-order valence-electron chi connectivity index (χ1n) is 9.75. The summed E-state index contributed by atoms with van der Waals surface area (Å²) in [6.45, 7) is 7.52. The zero-order valence-electron chi connectivity index (χ0n) is 16.1. The minimum absolute atomic E-state index is 0. The van der Waals surface area contributed by atoms with Crippen molar-refractivity contribution in [1.29, 1.82) is 0 Å². The number of halogens is 1. The Morgan fingerprint density at radius 1 is 1.19 bits per heavy atom. The van der Waals surface area contributed by atoms with Gasteiger partial charge >= 0.3 is 0 Å². The Labute approximate surface area is 179 Å². The average Bonchev–Trinajstić information content (AvgIpc) is 3.23. The quantitative estimate of drug-likeness (QED) is 0.394. The van der Waals surface area contributed by atoms with Gasteiger partial charge < -0.3 is 19.9 Å². The highest BCUT2D eigenvalue weighted by molar-refractivity contribution is 14.0. The number of hydrogen-bond donors (Lipinski definition) is 1. The molecule has 150 valence electrons. The zero-order valence-corrected chi connectivity index (χ0v) is 18.4. The molecule has 2 aliphatic heterocycles. The summed E-state index contributed by atoms with van der Waals surface area (Å²) >= 11 is 0. The predicted molar refractivity (Wildman–Crippen MR) is 119 cm³/mol. The molecule has 7 heteroatoms. The Balaban J connectivity index is 0.00000261. The minimum Gasteiger partial charge on any atom is -0.368 e. The van der Waals surface area contributed by atoms with Gasteiger partial charge in [-0.15, -0.1) is 24.0 Å². The molecule has 2 fully saturated rings. The maximum atomic E-state index is 12.5. The first kappa shape index (κ1) is 21.9. The van der Waals surface area contributed by atoms with Gasteiger partial charge in [0.05, 0.1) is 0 Å². The molecule has 6 nitrogen and oxygen atoms in total. The van der Waals surface area contributed by atoms with Crippen LogP contribution in [-0.2, 0) is 16.0 Å². The number of carbonyl (C=O) groups excluding carboxylic acids is 1. The molecular weight excluding hydrogens is 455 g/mol. The second-order valence-electron chi connectivity index (χ2n) is 6.79. The van der Waals surface area contributed by atoms with Gasteiger partial charge in [-0.05, 0) is 31.7 Å². The summed E-state index contributed by atoms with van der Waals surface area (Å²) in [5.74, 6) is 1.11. The zero-order chi connectivity index (χ0) is 18.2. The summed E-state index contributed by atoms with van der Waals surface area (Å²) in [5, 5.41) is 3.39. The molecule has 2 aliphatic rings. The standard InChI is InChI=1S/C20H30N4O2.HI/c1-2-21-20(22-11-10-17-7-4-3-5-8-17)24-14-12-23(13-15-24)19(25)18-9-6-16-26-18;/h3-5,7-8,18H,2,6,9-16H2,1H3,(H,21,22);1H. The van der Waals surface area contributed by atoms with Crippen molar-refractivity contribution in [1.82, 2.24) is 15.1 Å². The lowest BCUT2D eigenvalue weighted by atomic mass is 10.2. The molecule has 0 radical (unpaired) electrons. The van der Waals surface area contributed by atoms with Crippen LogP contribution in [0.4, 0.5) is 0 Å². The van der Waals surface area contributed by atoms with Gasteiger partial charge in [0.15, 0.2) is 5.96 Å². The largest absolute Gasteiger partial charge is 0.368 e. The normalized spacial score (nSPS) is 20.3. The lowest BCUT2D eigenvalue weighted by Gasteiger charge is -2.37. The summed E-state index contributed by atoms with van der Waals surface area (Å²) < 4.78 is 5.54. The van der Waals surface area contributed by atoms with Crippen LogP contribution < -0.4 is 5.32 Å². The number of nitrogens with one attached hydrogen (secondary N) is 1. The van der Waals surface area contributed by atoms with E-state index in [9.17, 15) is 4.79 Å². The van der Waals surface area contributed by atoms with Crippen LogP contribution in [0, 0.1) is 0 Å². The van der Waals surface area contributed by atoms with Crippen molar-refractivity contribution in [3.63, 3.8) is 0 Å². The van der Waals surface area contributed by atoms with Gasteiger partial charge in [-0.3, -0.25) is 9.79 Å². The van der Waals surface area contributed by atoms with Crippen LogP contribution in [0.5, 0.6) is 0 Å². The van der Waals surface area contributed by atoms with E-state index < -0.39 is 0 Å². The SMILES string of the molecule is CCNC(=NCCc1ccccc1)N1CCN(C(=O)C2CCCO2)CC1.I. The van der Waals surface area contributed by atoms with Gasteiger partial charge in [-0.25, -0.2) is 0 Å². The van der Waals surface area contributed by atoms with Crippen molar-refractivity contribution in [3.05, 3.63) is 35.9 Å². The topological polar surface area (TPSA) is 57.2 Å². The predicted octanol–water partition coefficient (Wildman–Crippen LogP) is 2.14. The Morgan fingerprint density at radius 2 is 1.89 bits per heavy atom. The number of aliphatic imine (C=N–C) groups is 1. The number of ether oxygens (including phenoxy) is 1.